The van der Waals surface area contributed by atoms with Gasteiger partial charge in [-0.3, -0.25) is 9.69 Å². The van der Waals surface area contributed by atoms with Gasteiger partial charge in [-0.25, -0.2) is 0 Å². The number of aryl methyl sites for hydroxylation is 2. The van der Waals surface area contributed by atoms with Gasteiger partial charge in [-0.05, 0) is 74.1 Å². The minimum Gasteiger partial charge on any atom is -0.324 e. The van der Waals surface area contributed by atoms with E-state index in [0.717, 1.165) is 42.2 Å². The van der Waals surface area contributed by atoms with Crippen molar-refractivity contribution in [1.29, 1.82) is 0 Å². The summed E-state index contributed by atoms with van der Waals surface area (Å²) in [6.45, 7) is 8.34. The van der Waals surface area contributed by atoms with Crippen molar-refractivity contribution in [1.82, 2.24) is 4.90 Å². The number of carbonyl (C=O) groups is 1. The zero-order chi connectivity index (χ0) is 16.8. The first-order valence-electron chi connectivity index (χ1n) is 8.73. The zero-order valence-electron chi connectivity index (χ0n) is 14.6. The first-order chi connectivity index (χ1) is 11.1. The second-order valence-electron chi connectivity index (χ2n) is 6.64. The normalized spacial score (nSPS) is 17.9. The van der Waals surface area contributed by atoms with Crippen molar-refractivity contribution in [3.05, 3.63) is 29.3 Å². The van der Waals surface area contributed by atoms with E-state index in [9.17, 15) is 4.79 Å². The predicted molar refractivity (Wildman–Crippen MR) is 106 cm³/mol. The fourth-order valence-corrected chi connectivity index (χ4v) is 4.42. The monoisotopic (exact) mass is 428 g/mol. The van der Waals surface area contributed by atoms with E-state index >= 15 is 0 Å². The van der Waals surface area contributed by atoms with Crippen LogP contribution in [-0.4, -0.2) is 34.4 Å². The fraction of sp³-hybridized carbons (Fsp3) is 0.632. The van der Waals surface area contributed by atoms with Gasteiger partial charge in [0.05, 0.1) is 6.04 Å². The second-order valence-corrected chi connectivity index (χ2v) is 7.72. The van der Waals surface area contributed by atoms with Gasteiger partial charge in [-0.1, -0.05) is 47.7 Å². The summed E-state index contributed by atoms with van der Waals surface area (Å²) in [5.74, 6) is 1.000. The molecular weight excluding hydrogens is 399 g/mol. The van der Waals surface area contributed by atoms with Gasteiger partial charge >= 0.3 is 0 Å². The number of alkyl halides is 1. The van der Waals surface area contributed by atoms with E-state index in [1.165, 1.54) is 23.7 Å². The van der Waals surface area contributed by atoms with Crippen LogP contribution in [0, 0.1) is 19.8 Å². The number of amides is 1. The maximum Gasteiger partial charge on any atom is 0.241 e. The molecule has 0 bridgehead atoms. The number of nitrogens with one attached hydrogen (secondary N) is 1. The molecule has 1 aliphatic heterocycles. The molecular formula is C19H29IN2O. The van der Waals surface area contributed by atoms with Gasteiger partial charge in [0, 0.05) is 5.69 Å². The molecule has 0 radical (unpaired) electrons. The van der Waals surface area contributed by atoms with E-state index in [0.29, 0.717) is 0 Å². The molecule has 1 aromatic rings. The van der Waals surface area contributed by atoms with Gasteiger partial charge in [-0.15, -0.1) is 0 Å². The van der Waals surface area contributed by atoms with Gasteiger partial charge < -0.3 is 5.32 Å². The lowest BCUT2D eigenvalue weighted by molar-refractivity contribution is -0.122. The van der Waals surface area contributed by atoms with Crippen molar-refractivity contribution >= 4 is 34.2 Å². The van der Waals surface area contributed by atoms with E-state index in [1.54, 1.807) is 0 Å². The van der Waals surface area contributed by atoms with Crippen LogP contribution in [0.3, 0.4) is 0 Å². The lowest BCUT2D eigenvalue weighted by atomic mass is 9.93. The average Bonchev–Trinajstić information content (AvgIpc) is 2.54. The molecule has 1 saturated heterocycles. The molecule has 0 saturated carbocycles. The lowest BCUT2D eigenvalue weighted by Gasteiger charge is -2.36. The van der Waals surface area contributed by atoms with Gasteiger partial charge in [0.25, 0.3) is 0 Å². The zero-order valence-corrected chi connectivity index (χ0v) is 16.7. The fourth-order valence-electron chi connectivity index (χ4n) is 3.54. The predicted octanol–water partition coefficient (Wildman–Crippen LogP) is 4.56. The Morgan fingerprint density at radius 1 is 1.30 bits per heavy atom. The third-order valence-electron chi connectivity index (χ3n) is 5.03. The number of rotatable bonds is 6. The van der Waals surface area contributed by atoms with Crippen molar-refractivity contribution < 1.29 is 4.79 Å². The van der Waals surface area contributed by atoms with Crippen LogP contribution in [0.1, 0.15) is 43.7 Å². The van der Waals surface area contributed by atoms with Crippen molar-refractivity contribution in [3.63, 3.8) is 0 Å². The number of benzene rings is 1. The quantitative estimate of drug-likeness (QED) is 0.533. The van der Waals surface area contributed by atoms with Gasteiger partial charge in [-0.2, -0.15) is 0 Å². The van der Waals surface area contributed by atoms with Crippen LogP contribution in [0.25, 0.3) is 0 Å². The SMILES string of the molecule is CCC(C(=O)Nc1c(C)cccc1C)N1CCC(CCI)CC1. The smallest absolute Gasteiger partial charge is 0.241 e. The maximum absolute atomic E-state index is 12.8. The summed E-state index contributed by atoms with van der Waals surface area (Å²) in [5.41, 5.74) is 3.25. The first kappa shape index (κ1) is 18.7. The number of para-hydroxylation sites is 1. The Hall–Kier alpha value is -0.620. The van der Waals surface area contributed by atoms with Crippen molar-refractivity contribution in [3.8, 4) is 0 Å². The summed E-state index contributed by atoms with van der Waals surface area (Å²) in [6.07, 6.45) is 4.65. The molecule has 0 spiro atoms. The highest BCUT2D eigenvalue weighted by Crippen LogP contribution is 2.25. The molecule has 23 heavy (non-hydrogen) atoms. The Morgan fingerprint density at radius 2 is 1.91 bits per heavy atom. The van der Waals surface area contributed by atoms with Crippen LogP contribution in [0.5, 0.6) is 0 Å². The van der Waals surface area contributed by atoms with Crippen molar-refractivity contribution in [2.45, 2.75) is 52.5 Å². The molecule has 4 heteroatoms. The highest BCUT2D eigenvalue weighted by molar-refractivity contribution is 14.1. The van der Waals surface area contributed by atoms with Gasteiger partial charge in [0.2, 0.25) is 5.91 Å². The average molecular weight is 428 g/mol. The maximum atomic E-state index is 12.8. The van der Waals surface area contributed by atoms with Gasteiger partial charge in [0.15, 0.2) is 0 Å². The minimum absolute atomic E-state index is 0.00504. The third-order valence-corrected chi connectivity index (χ3v) is 5.65. The highest BCUT2D eigenvalue weighted by Gasteiger charge is 2.28. The Balaban J connectivity index is 1.99. The first-order valence-corrected chi connectivity index (χ1v) is 10.3. The molecule has 1 heterocycles. The summed E-state index contributed by atoms with van der Waals surface area (Å²) in [6, 6.07) is 6.14. The van der Waals surface area contributed by atoms with Crippen LogP contribution in [-0.2, 0) is 4.79 Å². The molecule has 1 aliphatic rings. The number of nitrogens with zero attached hydrogens (tertiary/aromatic N) is 1. The second kappa shape index (κ2) is 9.02. The molecule has 0 aromatic heterocycles. The number of halogens is 1. The standard InChI is InChI=1S/C19H29IN2O/c1-4-17(22-12-9-16(8-11-20)10-13-22)19(23)21-18-14(2)6-5-7-15(18)3/h5-7,16-17H,4,8-13H2,1-3H3,(H,21,23). The third kappa shape index (κ3) is 4.92. The number of hydrogen-bond acceptors (Lipinski definition) is 2. The van der Waals surface area contributed by atoms with Crippen LogP contribution in [0.15, 0.2) is 18.2 Å². The summed E-state index contributed by atoms with van der Waals surface area (Å²) < 4.78 is 1.24. The Bertz CT molecular complexity index is 504. The molecule has 0 aliphatic carbocycles. The largest absolute Gasteiger partial charge is 0.324 e. The van der Waals surface area contributed by atoms with Crippen LogP contribution in [0.2, 0.25) is 0 Å². The topological polar surface area (TPSA) is 32.3 Å². The molecule has 3 nitrogen and oxygen atoms in total. The molecule has 1 N–H and O–H groups in total. The van der Waals surface area contributed by atoms with Crippen molar-refractivity contribution in [2.24, 2.45) is 5.92 Å². The molecule has 1 atom stereocenters. The summed E-state index contributed by atoms with van der Waals surface area (Å²) in [4.78, 5) is 15.2. The Kier molecular flexibility index (Phi) is 7.34. The van der Waals surface area contributed by atoms with Crippen LogP contribution < -0.4 is 5.32 Å². The molecule has 1 fully saturated rings. The number of piperidine rings is 1. The summed E-state index contributed by atoms with van der Waals surface area (Å²) >= 11 is 2.47. The molecule has 1 unspecified atom stereocenters. The highest BCUT2D eigenvalue weighted by atomic mass is 127. The van der Waals surface area contributed by atoms with Crippen molar-refractivity contribution in [2.75, 3.05) is 22.8 Å². The summed E-state index contributed by atoms with van der Waals surface area (Å²) in [7, 11) is 0. The number of anilines is 1. The summed E-state index contributed by atoms with van der Waals surface area (Å²) in [5, 5.41) is 3.18. The van der Waals surface area contributed by atoms with E-state index in [2.05, 4.69) is 65.7 Å². The van der Waals surface area contributed by atoms with Crippen LogP contribution >= 0.6 is 22.6 Å². The van der Waals surface area contributed by atoms with Gasteiger partial charge in [0.1, 0.15) is 0 Å². The number of hydrogen-bond donors (Lipinski definition) is 1. The van der Waals surface area contributed by atoms with E-state index < -0.39 is 0 Å². The number of carbonyl (C=O) groups excluding carboxylic acids is 1. The minimum atomic E-state index is -0.00504. The Morgan fingerprint density at radius 3 is 2.43 bits per heavy atom. The lowest BCUT2D eigenvalue weighted by Crippen LogP contribution is -2.47. The molecule has 1 amide bonds. The molecule has 2 rings (SSSR count). The van der Waals surface area contributed by atoms with E-state index in [-0.39, 0.29) is 11.9 Å². The Labute approximate surface area is 154 Å². The van der Waals surface area contributed by atoms with E-state index in [1.807, 2.05) is 6.07 Å². The number of likely N-dealkylation sites (tertiary alicyclic amines) is 1. The molecule has 128 valence electrons. The molecule has 1 aromatic carbocycles. The van der Waals surface area contributed by atoms with Crippen LogP contribution in [0.4, 0.5) is 5.69 Å². The van der Waals surface area contributed by atoms with E-state index in [4.69, 9.17) is 0 Å².